The first-order valence-electron chi connectivity index (χ1n) is 10.7. The molecule has 3 saturated heterocycles. The summed E-state index contributed by atoms with van der Waals surface area (Å²) in [5.74, 6) is 0.0401. The molecule has 4 amide bonds. The molecule has 0 saturated carbocycles. The summed E-state index contributed by atoms with van der Waals surface area (Å²) in [6, 6.07) is 8.13. The molecule has 0 bridgehead atoms. The zero-order valence-corrected chi connectivity index (χ0v) is 17.0. The molecule has 1 aromatic rings. The standard InChI is InChI=1S/C22H30N4O3/c1-24(15-16-8-7-13-25-12-6-5-11-19(16)25)20(27)14-18-21(28)26(22(29)23-18)17-9-3-2-4-10-17/h2-4,9-10,16,18-19H,5-8,11-15H2,1H3,(H,23,29)/t16-,18+,19-/m0/s1. The Morgan fingerprint density at radius 1 is 1.10 bits per heavy atom. The lowest BCUT2D eigenvalue weighted by Gasteiger charge is -2.45. The van der Waals surface area contributed by atoms with E-state index < -0.39 is 12.1 Å². The van der Waals surface area contributed by atoms with Gasteiger partial charge in [0.1, 0.15) is 6.04 Å². The van der Waals surface area contributed by atoms with Crippen molar-refractivity contribution in [2.24, 2.45) is 5.92 Å². The molecule has 0 aromatic heterocycles. The van der Waals surface area contributed by atoms with Crippen LogP contribution < -0.4 is 10.2 Å². The lowest BCUT2D eigenvalue weighted by molar-refractivity contribution is -0.133. The number of hydrogen-bond acceptors (Lipinski definition) is 4. The van der Waals surface area contributed by atoms with Crippen molar-refractivity contribution in [3.05, 3.63) is 30.3 Å². The zero-order chi connectivity index (χ0) is 20.4. The van der Waals surface area contributed by atoms with Gasteiger partial charge in [0.2, 0.25) is 5.91 Å². The minimum atomic E-state index is -0.796. The summed E-state index contributed by atoms with van der Waals surface area (Å²) in [5.41, 5.74) is 0.526. The largest absolute Gasteiger partial charge is 0.345 e. The number of hydrogen-bond donors (Lipinski definition) is 1. The molecule has 1 aromatic carbocycles. The summed E-state index contributed by atoms with van der Waals surface area (Å²) in [4.78, 5) is 43.3. The normalized spacial score (nSPS) is 27.5. The van der Waals surface area contributed by atoms with Crippen molar-refractivity contribution >= 4 is 23.5 Å². The van der Waals surface area contributed by atoms with E-state index in [2.05, 4.69) is 10.2 Å². The summed E-state index contributed by atoms with van der Waals surface area (Å²) in [6.45, 7) is 3.07. The number of carbonyl (C=O) groups is 3. The number of para-hydroxylation sites is 1. The number of rotatable bonds is 5. The Hall–Kier alpha value is -2.41. The van der Waals surface area contributed by atoms with Crippen LogP contribution in [0, 0.1) is 5.92 Å². The van der Waals surface area contributed by atoms with Gasteiger partial charge in [0.15, 0.2) is 0 Å². The molecule has 1 N–H and O–H groups in total. The van der Waals surface area contributed by atoms with Gasteiger partial charge in [-0.2, -0.15) is 0 Å². The van der Waals surface area contributed by atoms with Gasteiger partial charge in [-0.1, -0.05) is 24.6 Å². The van der Waals surface area contributed by atoms with Gasteiger partial charge in [-0.15, -0.1) is 0 Å². The third kappa shape index (κ3) is 4.15. The summed E-state index contributed by atoms with van der Waals surface area (Å²) in [6.07, 6.45) is 6.11. The second-order valence-electron chi connectivity index (χ2n) is 8.49. The Morgan fingerprint density at radius 3 is 2.66 bits per heavy atom. The van der Waals surface area contributed by atoms with Crippen molar-refractivity contribution in [1.29, 1.82) is 0 Å². The van der Waals surface area contributed by atoms with E-state index in [-0.39, 0.29) is 18.2 Å². The van der Waals surface area contributed by atoms with Gasteiger partial charge in [0, 0.05) is 19.6 Å². The van der Waals surface area contributed by atoms with Crippen molar-refractivity contribution in [2.45, 2.75) is 50.6 Å². The first-order chi connectivity index (χ1) is 14.0. The Labute approximate surface area is 172 Å². The minimum Gasteiger partial charge on any atom is -0.345 e. The van der Waals surface area contributed by atoms with E-state index in [1.54, 1.807) is 29.2 Å². The Balaban J connectivity index is 1.35. The molecule has 3 aliphatic rings. The predicted molar refractivity (Wildman–Crippen MR) is 110 cm³/mol. The van der Waals surface area contributed by atoms with Crippen molar-refractivity contribution in [3.8, 4) is 0 Å². The number of urea groups is 1. The number of imide groups is 1. The highest BCUT2D eigenvalue weighted by atomic mass is 16.2. The molecular weight excluding hydrogens is 368 g/mol. The zero-order valence-electron chi connectivity index (χ0n) is 17.0. The summed E-state index contributed by atoms with van der Waals surface area (Å²) < 4.78 is 0. The van der Waals surface area contributed by atoms with Gasteiger partial charge in [0.05, 0.1) is 12.1 Å². The molecule has 156 valence electrons. The van der Waals surface area contributed by atoms with Crippen molar-refractivity contribution in [1.82, 2.24) is 15.1 Å². The number of carbonyl (C=O) groups excluding carboxylic acids is 3. The van der Waals surface area contributed by atoms with Crippen LogP contribution in [-0.2, 0) is 9.59 Å². The quantitative estimate of drug-likeness (QED) is 0.772. The van der Waals surface area contributed by atoms with Gasteiger partial charge in [-0.25, -0.2) is 9.69 Å². The molecule has 3 aliphatic heterocycles. The Morgan fingerprint density at radius 2 is 1.86 bits per heavy atom. The number of anilines is 1. The average molecular weight is 399 g/mol. The molecule has 29 heavy (non-hydrogen) atoms. The highest BCUT2D eigenvalue weighted by Crippen LogP contribution is 2.31. The first kappa shape index (κ1) is 19.9. The van der Waals surface area contributed by atoms with Gasteiger partial charge in [-0.05, 0) is 56.8 Å². The van der Waals surface area contributed by atoms with Crippen LogP contribution in [0.1, 0.15) is 38.5 Å². The lowest BCUT2D eigenvalue weighted by atomic mass is 9.83. The van der Waals surface area contributed by atoms with Crippen molar-refractivity contribution < 1.29 is 14.4 Å². The molecule has 3 fully saturated rings. The number of piperidine rings is 2. The lowest BCUT2D eigenvalue weighted by Crippen LogP contribution is -2.51. The van der Waals surface area contributed by atoms with Crippen LogP contribution in [-0.4, -0.2) is 66.4 Å². The highest BCUT2D eigenvalue weighted by molar-refractivity contribution is 6.22. The number of nitrogens with zero attached hydrogens (tertiary/aromatic N) is 3. The predicted octanol–water partition coefficient (Wildman–Crippen LogP) is 2.22. The third-order valence-electron chi connectivity index (χ3n) is 6.58. The number of nitrogens with one attached hydrogen (secondary N) is 1. The molecule has 3 heterocycles. The van der Waals surface area contributed by atoms with Crippen LogP contribution >= 0.6 is 0 Å². The van der Waals surface area contributed by atoms with Crippen molar-refractivity contribution in [3.63, 3.8) is 0 Å². The second-order valence-corrected chi connectivity index (χ2v) is 8.49. The van der Waals surface area contributed by atoms with Gasteiger partial charge < -0.3 is 15.1 Å². The molecule has 4 rings (SSSR count). The van der Waals surface area contributed by atoms with Gasteiger partial charge >= 0.3 is 6.03 Å². The fourth-order valence-corrected chi connectivity index (χ4v) is 5.07. The topological polar surface area (TPSA) is 73.0 Å². The molecular formula is C22H30N4O3. The number of fused-ring (bicyclic) bond motifs is 1. The van der Waals surface area contributed by atoms with Crippen LogP contribution in [0.5, 0.6) is 0 Å². The van der Waals surface area contributed by atoms with Gasteiger partial charge in [0.25, 0.3) is 5.91 Å². The minimum absolute atomic E-state index is 0.00546. The van der Waals surface area contributed by atoms with Crippen LogP contribution in [0.25, 0.3) is 0 Å². The fourth-order valence-electron chi connectivity index (χ4n) is 5.07. The summed E-state index contributed by atoms with van der Waals surface area (Å²) in [7, 11) is 1.82. The van der Waals surface area contributed by atoms with E-state index in [9.17, 15) is 14.4 Å². The van der Waals surface area contributed by atoms with Crippen LogP contribution in [0.4, 0.5) is 10.5 Å². The number of benzene rings is 1. The van der Waals surface area contributed by atoms with Crippen LogP contribution in [0.3, 0.4) is 0 Å². The SMILES string of the molecule is CN(C[C@@H]1CCCN2CCCC[C@@H]12)C(=O)C[C@H]1NC(=O)N(c2ccccc2)C1=O. The van der Waals surface area contributed by atoms with E-state index in [1.165, 1.54) is 38.8 Å². The number of amides is 4. The average Bonchev–Trinajstić information content (AvgIpc) is 3.01. The monoisotopic (exact) mass is 398 g/mol. The Bertz CT molecular complexity index is 767. The molecule has 7 heteroatoms. The highest BCUT2D eigenvalue weighted by Gasteiger charge is 2.41. The maximum absolute atomic E-state index is 12.8. The molecule has 3 atom stereocenters. The summed E-state index contributed by atoms with van der Waals surface area (Å²) >= 11 is 0. The fraction of sp³-hybridized carbons (Fsp3) is 0.591. The maximum Gasteiger partial charge on any atom is 0.329 e. The van der Waals surface area contributed by atoms with E-state index in [0.717, 1.165) is 17.9 Å². The molecule has 0 unspecified atom stereocenters. The van der Waals surface area contributed by atoms with Crippen LogP contribution in [0.2, 0.25) is 0 Å². The summed E-state index contributed by atoms with van der Waals surface area (Å²) in [5, 5.41) is 2.67. The molecule has 0 aliphatic carbocycles. The second kappa shape index (κ2) is 8.53. The smallest absolute Gasteiger partial charge is 0.329 e. The van der Waals surface area contributed by atoms with Gasteiger partial charge in [-0.3, -0.25) is 9.59 Å². The molecule has 7 nitrogen and oxygen atoms in total. The van der Waals surface area contributed by atoms with Crippen LogP contribution in [0.15, 0.2) is 30.3 Å². The van der Waals surface area contributed by atoms with Crippen molar-refractivity contribution in [2.75, 3.05) is 31.6 Å². The van der Waals surface area contributed by atoms with E-state index in [1.807, 2.05) is 13.1 Å². The molecule has 0 spiro atoms. The third-order valence-corrected chi connectivity index (χ3v) is 6.58. The van der Waals surface area contributed by atoms with E-state index in [4.69, 9.17) is 0 Å². The first-order valence-corrected chi connectivity index (χ1v) is 10.7. The maximum atomic E-state index is 12.8. The van der Waals surface area contributed by atoms with E-state index in [0.29, 0.717) is 17.6 Å². The molecule has 0 radical (unpaired) electrons. The van der Waals surface area contributed by atoms with E-state index >= 15 is 0 Å². The Kier molecular flexibility index (Phi) is 5.85.